The van der Waals surface area contributed by atoms with Crippen LogP contribution in [-0.4, -0.2) is 49.3 Å². The maximum absolute atomic E-state index is 5.10. The molecule has 1 aliphatic heterocycles. The normalized spacial score (nSPS) is 22.8. The maximum Gasteiger partial charge on any atom is 0.185 e. The topological polar surface area (TPSA) is 37.4 Å². The molecule has 1 saturated heterocycles. The fourth-order valence-electron chi connectivity index (χ4n) is 2.66. The van der Waals surface area contributed by atoms with Crippen molar-refractivity contribution in [2.75, 3.05) is 44.0 Å². The lowest BCUT2D eigenvalue weighted by molar-refractivity contribution is 0.199. The number of rotatable bonds is 7. The number of thioether (sulfide) groups is 1. The maximum atomic E-state index is 5.10. The van der Waals surface area contributed by atoms with Crippen LogP contribution in [-0.2, 0) is 11.3 Å². The van der Waals surface area contributed by atoms with Crippen molar-refractivity contribution in [3.8, 4) is 0 Å². The smallest absolute Gasteiger partial charge is 0.185 e. The summed E-state index contributed by atoms with van der Waals surface area (Å²) in [6, 6.07) is 0. The second kappa shape index (κ2) is 7.31. The lowest BCUT2D eigenvalue weighted by Gasteiger charge is -2.30. The molecule has 1 aromatic heterocycles. The molecule has 6 heteroatoms. The predicted molar refractivity (Wildman–Crippen MR) is 91.8 cm³/mol. The fraction of sp³-hybridized carbons (Fsp3) is 0.800. The van der Waals surface area contributed by atoms with Crippen molar-refractivity contribution >= 4 is 28.2 Å². The zero-order valence-electron chi connectivity index (χ0n) is 12.9. The number of ether oxygens (including phenoxy) is 1. The summed E-state index contributed by atoms with van der Waals surface area (Å²) in [7, 11) is 1.75. The average Bonchev–Trinajstić information content (AvgIpc) is 3.24. The summed E-state index contributed by atoms with van der Waals surface area (Å²) < 4.78 is 5.10. The minimum atomic E-state index is 0.718. The van der Waals surface area contributed by atoms with Crippen LogP contribution < -0.4 is 10.2 Å². The molecule has 1 aromatic rings. The fourth-order valence-corrected chi connectivity index (χ4v) is 4.82. The molecule has 1 aliphatic carbocycles. The van der Waals surface area contributed by atoms with Gasteiger partial charge in [-0.15, -0.1) is 11.3 Å². The molecule has 1 N–H and O–H groups in total. The van der Waals surface area contributed by atoms with Gasteiger partial charge in [-0.05, 0) is 12.8 Å². The third kappa shape index (κ3) is 4.12. The third-order valence-electron chi connectivity index (χ3n) is 3.96. The number of nitrogens with one attached hydrogen (secondary N) is 1. The molecule has 0 aromatic carbocycles. The van der Waals surface area contributed by atoms with Gasteiger partial charge >= 0.3 is 0 Å². The van der Waals surface area contributed by atoms with Crippen LogP contribution in [0.3, 0.4) is 0 Å². The van der Waals surface area contributed by atoms with Gasteiger partial charge in [-0.1, -0.05) is 6.92 Å². The van der Waals surface area contributed by atoms with Crippen LogP contribution in [0.15, 0.2) is 0 Å². The molecule has 0 radical (unpaired) electrons. The van der Waals surface area contributed by atoms with Crippen molar-refractivity contribution in [3.63, 3.8) is 0 Å². The molecular weight excluding hydrogens is 302 g/mol. The Morgan fingerprint density at radius 2 is 2.29 bits per heavy atom. The molecule has 3 rings (SSSR count). The molecule has 21 heavy (non-hydrogen) atoms. The summed E-state index contributed by atoms with van der Waals surface area (Å²) in [6.45, 7) is 7.21. The molecule has 1 unspecified atom stereocenters. The Morgan fingerprint density at radius 1 is 1.43 bits per heavy atom. The van der Waals surface area contributed by atoms with Gasteiger partial charge < -0.3 is 15.0 Å². The van der Waals surface area contributed by atoms with Gasteiger partial charge in [-0.3, -0.25) is 0 Å². The third-order valence-corrected chi connectivity index (χ3v) is 6.23. The molecule has 2 fully saturated rings. The lowest BCUT2D eigenvalue weighted by Crippen LogP contribution is -2.36. The van der Waals surface area contributed by atoms with E-state index < -0.39 is 0 Å². The predicted octanol–water partition coefficient (Wildman–Crippen LogP) is 2.70. The molecule has 1 atom stereocenters. The summed E-state index contributed by atoms with van der Waals surface area (Å²) in [6.07, 6.45) is 2.64. The van der Waals surface area contributed by atoms with E-state index in [1.807, 2.05) is 11.3 Å². The van der Waals surface area contributed by atoms with E-state index in [2.05, 4.69) is 28.9 Å². The highest BCUT2D eigenvalue weighted by Gasteiger charge is 2.31. The number of hydrogen-bond donors (Lipinski definition) is 1. The first kappa shape index (κ1) is 15.6. The standard InChI is InChI=1S/C15H25N3OS2/c1-11-10-18(6-8-20-11)15-17-14(12-3-4-12)13(21-15)9-16-5-7-19-2/h11-12,16H,3-10H2,1-2H3. The van der Waals surface area contributed by atoms with Crippen molar-refractivity contribution in [3.05, 3.63) is 10.6 Å². The molecule has 0 amide bonds. The zero-order valence-corrected chi connectivity index (χ0v) is 14.6. The van der Waals surface area contributed by atoms with E-state index in [9.17, 15) is 0 Å². The van der Waals surface area contributed by atoms with E-state index in [4.69, 9.17) is 9.72 Å². The summed E-state index contributed by atoms with van der Waals surface area (Å²) in [5, 5.41) is 5.43. The zero-order chi connectivity index (χ0) is 14.7. The van der Waals surface area contributed by atoms with Crippen LogP contribution in [0.1, 0.15) is 36.3 Å². The van der Waals surface area contributed by atoms with Gasteiger partial charge in [-0.25, -0.2) is 4.98 Å². The van der Waals surface area contributed by atoms with Crippen molar-refractivity contribution in [2.45, 2.75) is 37.5 Å². The molecular formula is C15H25N3OS2. The monoisotopic (exact) mass is 327 g/mol. The number of nitrogens with zero attached hydrogens (tertiary/aromatic N) is 2. The van der Waals surface area contributed by atoms with E-state index in [1.54, 1.807) is 7.11 Å². The van der Waals surface area contributed by atoms with Crippen LogP contribution in [0.25, 0.3) is 0 Å². The highest BCUT2D eigenvalue weighted by atomic mass is 32.2. The van der Waals surface area contributed by atoms with Gasteiger partial charge in [-0.2, -0.15) is 11.8 Å². The molecule has 0 bridgehead atoms. The minimum absolute atomic E-state index is 0.718. The Hall–Kier alpha value is -0.300. The SMILES string of the molecule is COCCNCc1sc(N2CCSC(C)C2)nc1C1CC1. The molecule has 2 aliphatic rings. The van der Waals surface area contributed by atoms with Gasteiger partial charge in [0.2, 0.25) is 0 Å². The molecule has 1 saturated carbocycles. The van der Waals surface area contributed by atoms with Crippen molar-refractivity contribution in [1.29, 1.82) is 0 Å². The minimum Gasteiger partial charge on any atom is -0.383 e. The van der Waals surface area contributed by atoms with E-state index >= 15 is 0 Å². The van der Waals surface area contributed by atoms with Crippen molar-refractivity contribution < 1.29 is 4.74 Å². The Balaban J connectivity index is 1.67. The van der Waals surface area contributed by atoms with Crippen LogP contribution in [0, 0.1) is 0 Å². The van der Waals surface area contributed by atoms with Gasteiger partial charge in [0.1, 0.15) is 0 Å². The Labute approximate surface area is 135 Å². The van der Waals surface area contributed by atoms with E-state index in [1.165, 1.54) is 34.3 Å². The van der Waals surface area contributed by atoms with E-state index in [0.29, 0.717) is 0 Å². The highest BCUT2D eigenvalue weighted by Crippen LogP contribution is 2.44. The lowest BCUT2D eigenvalue weighted by atomic mass is 10.2. The van der Waals surface area contributed by atoms with Gasteiger partial charge in [0.25, 0.3) is 0 Å². The summed E-state index contributed by atoms with van der Waals surface area (Å²) in [5.74, 6) is 1.95. The molecule has 0 spiro atoms. The summed E-state index contributed by atoms with van der Waals surface area (Å²) >= 11 is 3.97. The van der Waals surface area contributed by atoms with Gasteiger partial charge in [0.05, 0.1) is 12.3 Å². The van der Waals surface area contributed by atoms with E-state index in [-0.39, 0.29) is 0 Å². The second-order valence-corrected chi connectivity index (χ2v) is 8.48. The van der Waals surface area contributed by atoms with Crippen molar-refractivity contribution in [1.82, 2.24) is 10.3 Å². The second-order valence-electron chi connectivity index (χ2n) is 5.88. The number of aromatic nitrogens is 1. The number of thiazole rings is 1. The molecule has 4 nitrogen and oxygen atoms in total. The van der Waals surface area contributed by atoms with E-state index in [0.717, 1.165) is 44.0 Å². The summed E-state index contributed by atoms with van der Waals surface area (Å²) in [4.78, 5) is 8.91. The Morgan fingerprint density at radius 3 is 3.00 bits per heavy atom. The Bertz CT molecular complexity index is 462. The largest absolute Gasteiger partial charge is 0.383 e. The first-order chi connectivity index (χ1) is 10.3. The quantitative estimate of drug-likeness (QED) is 0.780. The van der Waals surface area contributed by atoms with Crippen LogP contribution in [0.2, 0.25) is 0 Å². The van der Waals surface area contributed by atoms with Crippen molar-refractivity contribution in [2.24, 2.45) is 0 Å². The number of hydrogen-bond acceptors (Lipinski definition) is 6. The van der Waals surface area contributed by atoms with Crippen LogP contribution >= 0.6 is 23.1 Å². The van der Waals surface area contributed by atoms with Gasteiger partial charge in [0.15, 0.2) is 5.13 Å². The molecule has 118 valence electrons. The highest BCUT2D eigenvalue weighted by molar-refractivity contribution is 8.00. The van der Waals surface area contributed by atoms with Gasteiger partial charge in [0, 0.05) is 55.1 Å². The number of methoxy groups -OCH3 is 1. The number of anilines is 1. The van der Waals surface area contributed by atoms with Crippen LogP contribution in [0.5, 0.6) is 0 Å². The van der Waals surface area contributed by atoms with Crippen LogP contribution in [0.4, 0.5) is 5.13 Å². The summed E-state index contributed by atoms with van der Waals surface area (Å²) in [5.41, 5.74) is 1.37. The first-order valence-corrected chi connectivity index (χ1v) is 9.70. The average molecular weight is 328 g/mol. The Kier molecular flexibility index (Phi) is 5.43. The molecule has 2 heterocycles. The first-order valence-electron chi connectivity index (χ1n) is 7.83.